The van der Waals surface area contributed by atoms with Gasteiger partial charge in [0.05, 0.1) is 5.69 Å². The highest BCUT2D eigenvalue weighted by Crippen LogP contribution is 2.33. The molecule has 0 spiro atoms. The van der Waals surface area contributed by atoms with Gasteiger partial charge in [-0.3, -0.25) is 10.1 Å². The predicted molar refractivity (Wildman–Crippen MR) is 119 cm³/mol. The van der Waals surface area contributed by atoms with Crippen molar-refractivity contribution in [1.82, 2.24) is 15.0 Å². The van der Waals surface area contributed by atoms with Crippen molar-refractivity contribution < 1.29 is 4.79 Å². The van der Waals surface area contributed by atoms with Crippen LogP contribution < -0.4 is 15.5 Å². The standard InChI is InChI=1S/C23H22N6O/c1-29-11-10-19-20(29)21(25-12-15-6-3-2-4-7-15)27-23(26-19)28-22(30)17-9-5-8-16-13-24-14-18(16)17/h2-9,13-14,24H,10-12H2,1H3,(H2,25,26,27,28,30). The van der Waals surface area contributed by atoms with E-state index in [0.717, 1.165) is 46.5 Å². The third-order valence-corrected chi connectivity index (χ3v) is 5.40. The molecule has 7 nitrogen and oxygen atoms in total. The summed E-state index contributed by atoms with van der Waals surface area (Å²) < 4.78 is 0. The molecule has 3 heterocycles. The Kier molecular flexibility index (Phi) is 4.55. The number of rotatable bonds is 5. The number of aromatic nitrogens is 3. The third-order valence-electron chi connectivity index (χ3n) is 5.40. The summed E-state index contributed by atoms with van der Waals surface area (Å²) in [6.07, 6.45) is 4.53. The molecule has 0 fully saturated rings. The number of nitrogens with one attached hydrogen (secondary N) is 3. The zero-order chi connectivity index (χ0) is 20.5. The van der Waals surface area contributed by atoms with E-state index < -0.39 is 0 Å². The van der Waals surface area contributed by atoms with E-state index in [0.29, 0.717) is 18.1 Å². The minimum atomic E-state index is -0.222. The minimum Gasteiger partial charge on any atom is -0.370 e. The molecule has 4 aromatic rings. The Balaban J connectivity index is 1.44. The number of hydrogen-bond donors (Lipinski definition) is 3. The van der Waals surface area contributed by atoms with Crippen molar-refractivity contribution in [3.63, 3.8) is 0 Å². The summed E-state index contributed by atoms with van der Waals surface area (Å²) in [5.41, 5.74) is 3.69. The van der Waals surface area contributed by atoms with Crippen LogP contribution in [0.3, 0.4) is 0 Å². The van der Waals surface area contributed by atoms with E-state index in [4.69, 9.17) is 0 Å². The molecule has 7 heteroatoms. The normalized spacial score (nSPS) is 12.8. The Morgan fingerprint density at radius 3 is 2.83 bits per heavy atom. The number of aromatic amines is 1. The van der Waals surface area contributed by atoms with Gasteiger partial charge in [0, 0.05) is 49.9 Å². The van der Waals surface area contributed by atoms with Crippen LogP contribution in [0.25, 0.3) is 10.8 Å². The van der Waals surface area contributed by atoms with Crippen LogP contribution in [0.1, 0.15) is 21.6 Å². The fraction of sp³-hybridized carbons (Fsp3) is 0.174. The van der Waals surface area contributed by atoms with Crippen molar-refractivity contribution in [2.45, 2.75) is 13.0 Å². The largest absolute Gasteiger partial charge is 0.370 e. The molecule has 2 aromatic carbocycles. The third kappa shape index (κ3) is 3.34. The average Bonchev–Trinajstić information content (AvgIpc) is 3.39. The first-order valence-corrected chi connectivity index (χ1v) is 9.96. The Hall–Kier alpha value is -3.87. The summed E-state index contributed by atoms with van der Waals surface area (Å²) >= 11 is 0. The molecule has 1 aliphatic heterocycles. The second-order valence-corrected chi connectivity index (χ2v) is 7.42. The van der Waals surface area contributed by atoms with Gasteiger partial charge in [0.1, 0.15) is 5.69 Å². The summed E-state index contributed by atoms with van der Waals surface area (Å²) in [7, 11) is 2.04. The van der Waals surface area contributed by atoms with Gasteiger partial charge in [-0.05, 0) is 17.0 Å². The van der Waals surface area contributed by atoms with Crippen molar-refractivity contribution in [3.8, 4) is 0 Å². The highest BCUT2D eigenvalue weighted by Gasteiger charge is 2.24. The van der Waals surface area contributed by atoms with E-state index >= 15 is 0 Å². The van der Waals surface area contributed by atoms with E-state index in [2.05, 4.69) is 42.6 Å². The molecule has 0 aliphatic carbocycles. The van der Waals surface area contributed by atoms with E-state index in [-0.39, 0.29) is 5.91 Å². The molecule has 30 heavy (non-hydrogen) atoms. The molecule has 0 unspecified atom stereocenters. The lowest BCUT2D eigenvalue weighted by molar-refractivity contribution is 0.102. The molecule has 0 radical (unpaired) electrons. The first-order valence-electron chi connectivity index (χ1n) is 9.96. The van der Waals surface area contributed by atoms with Crippen LogP contribution in [0.5, 0.6) is 0 Å². The number of amides is 1. The van der Waals surface area contributed by atoms with Crippen LogP contribution in [0.15, 0.2) is 60.9 Å². The zero-order valence-corrected chi connectivity index (χ0v) is 16.6. The van der Waals surface area contributed by atoms with Gasteiger partial charge in [-0.25, -0.2) is 4.98 Å². The first-order chi connectivity index (χ1) is 14.7. The molecule has 1 aliphatic rings. The van der Waals surface area contributed by atoms with Crippen LogP contribution >= 0.6 is 0 Å². The number of anilines is 3. The SMILES string of the molecule is CN1CCc2nc(NC(=O)c3cccc4c[nH]cc34)nc(NCc3ccccc3)c21. The van der Waals surface area contributed by atoms with Crippen LogP contribution in [0.2, 0.25) is 0 Å². The van der Waals surface area contributed by atoms with Gasteiger partial charge < -0.3 is 15.2 Å². The maximum Gasteiger partial charge on any atom is 0.258 e. The molecule has 0 atom stereocenters. The Bertz CT molecular complexity index is 1220. The van der Waals surface area contributed by atoms with Crippen LogP contribution in [-0.2, 0) is 13.0 Å². The number of nitrogens with zero attached hydrogens (tertiary/aromatic N) is 3. The Labute approximate surface area is 174 Å². The maximum absolute atomic E-state index is 12.9. The van der Waals surface area contributed by atoms with Gasteiger partial charge in [-0.15, -0.1) is 0 Å². The summed E-state index contributed by atoms with van der Waals surface area (Å²) in [5.74, 6) is 0.830. The van der Waals surface area contributed by atoms with Crippen LogP contribution in [0.4, 0.5) is 17.5 Å². The van der Waals surface area contributed by atoms with Crippen molar-refractivity contribution in [2.75, 3.05) is 29.1 Å². The molecule has 150 valence electrons. The molecule has 0 bridgehead atoms. The van der Waals surface area contributed by atoms with Gasteiger partial charge in [-0.2, -0.15) is 4.98 Å². The molecular weight excluding hydrogens is 376 g/mol. The number of carbonyl (C=O) groups is 1. The lowest BCUT2D eigenvalue weighted by atomic mass is 10.1. The lowest BCUT2D eigenvalue weighted by Crippen LogP contribution is -2.18. The molecule has 1 amide bonds. The minimum absolute atomic E-state index is 0.222. The van der Waals surface area contributed by atoms with Gasteiger partial charge in [-0.1, -0.05) is 42.5 Å². The molecule has 2 aromatic heterocycles. The highest BCUT2D eigenvalue weighted by atomic mass is 16.1. The smallest absolute Gasteiger partial charge is 0.258 e. The van der Waals surface area contributed by atoms with E-state index in [1.165, 1.54) is 0 Å². The number of H-pyrrole nitrogens is 1. The van der Waals surface area contributed by atoms with Crippen LogP contribution in [0, 0.1) is 0 Å². The van der Waals surface area contributed by atoms with Gasteiger partial charge in [0.2, 0.25) is 5.95 Å². The molecule has 3 N–H and O–H groups in total. The van der Waals surface area contributed by atoms with Crippen LogP contribution in [-0.4, -0.2) is 34.5 Å². The number of hydrogen-bond acceptors (Lipinski definition) is 5. The van der Waals surface area contributed by atoms with Crippen molar-refractivity contribution in [2.24, 2.45) is 0 Å². The van der Waals surface area contributed by atoms with E-state index in [1.54, 1.807) is 6.07 Å². The highest BCUT2D eigenvalue weighted by molar-refractivity contribution is 6.12. The monoisotopic (exact) mass is 398 g/mol. The van der Waals surface area contributed by atoms with E-state index in [1.807, 2.05) is 49.8 Å². The van der Waals surface area contributed by atoms with Crippen molar-refractivity contribution in [3.05, 3.63) is 77.7 Å². The molecule has 0 saturated carbocycles. The average molecular weight is 398 g/mol. The number of fused-ring (bicyclic) bond motifs is 2. The number of carbonyl (C=O) groups excluding carboxylic acids is 1. The zero-order valence-electron chi connectivity index (χ0n) is 16.6. The molecule has 0 saturated heterocycles. The van der Waals surface area contributed by atoms with Crippen molar-refractivity contribution in [1.29, 1.82) is 0 Å². The Morgan fingerprint density at radius 2 is 1.97 bits per heavy atom. The van der Waals surface area contributed by atoms with Crippen molar-refractivity contribution >= 4 is 34.1 Å². The molecule has 5 rings (SSSR count). The maximum atomic E-state index is 12.9. The van der Waals surface area contributed by atoms with E-state index in [9.17, 15) is 4.79 Å². The predicted octanol–water partition coefficient (Wildman–Crippen LogP) is 3.81. The fourth-order valence-electron chi connectivity index (χ4n) is 3.87. The quantitative estimate of drug-likeness (QED) is 0.476. The summed E-state index contributed by atoms with van der Waals surface area (Å²) in [6.45, 7) is 1.53. The summed E-state index contributed by atoms with van der Waals surface area (Å²) in [6, 6.07) is 15.8. The lowest BCUT2D eigenvalue weighted by Gasteiger charge is -2.17. The second kappa shape index (κ2) is 7.51. The second-order valence-electron chi connectivity index (χ2n) is 7.42. The Morgan fingerprint density at radius 1 is 1.10 bits per heavy atom. The number of likely N-dealkylation sites (N-methyl/N-ethyl adjacent to an activating group) is 1. The van der Waals surface area contributed by atoms with Gasteiger partial charge >= 0.3 is 0 Å². The summed E-state index contributed by atoms with van der Waals surface area (Å²) in [4.78, 5) is 27.4. The molecular formula is C23H22N6O. The summed E-state index contributed by atoms with van der Waals surface area (Å²) in [5, 5.41) is 8.17. The first kappa shape index (κ1) is 18.2. The number of benzene rings is 2. The van der Waals surface area contributed by atoms with Gasteiger partial charge in [0.25, 0.3) is 5.91 Å². The fourth-order valence-corrected chi connectivity index (χ4v) is 3.87. The topological polar surface area (TPSA) is 85.9 Å². The van der Waals surface area contributed by atoms with Gasteiger partial charge in [0.15, 0.2) is 5.82 Å².